The molecule has 1 nitrogen and oxygen atoms in total. The fourth-order valence-corrected chi connectivity index (χ4v) is 2.22. The van der Waals surface area contributed by atoms with Gasteiger partial charge in [0.15, 0.2) is 0 Å². The zero-order valence-electron chi connectivity index (χ0n) is 10.1. The minimum Gasteiger partial charge on any atom is -0.324 e. The molecule has 0 fully saturated rings. The molecule has 6 heteroatoms. The quantitative estimate of drug-likeness (QED) is 0.818. The molecule has 2 aromatic rings. The van der Waals surface area contributed by atoms with Gasteiger partial charge in [-0.3, -0.25) is 0 Å². The zero-order chi connectivity index (χ0) is 14.9. The predicted molar refractivity (Wildman–Crippen MR) is 73.4 cm³/mol. The summed E-state index contributed by atoms with van der Waals surface area (Å²) in [6.45, 7) is 0. The molecule has 0 saturated heterocycles. The van der Waals surface area contributed by atoms with Crippen LogP contribution in [0.3, 0.4) is 0 Å². The van der Waals surface area contributed by atoms with Crippen molar-refractivity contribution < 1.29 is 13.2 Å². The Labute approximate surface area is 124 Å². The summed E-state index contributed by atoms with van der Waals surface area (Å²) in [6, 6.07) is 5.31. The first kappa shape index (κ1) is 15.2. The maximum atomic E-state index is 13.7. The average Bonchev–Trinajstić information content (AvgIpc) is 2.39. The maximum absolute atomic E-state index is 13.7. The van der Waals surface area contributed by atoms with Crippen LogP contribution in [0.5, 0.6) is 0 Å². The fourth-order valence-electron chi connectivity index (χ4n) is 1.88. The van der Waals surface area contributed by atoms with Crippen LogP contribution in [0.4, 0.5) is 13.2 Å². The Morgan fingerprint density at radius 3 is 2.40 bits per heavy atom. The second-order valence-corrected chi connectivity index (χ2v) is 5.13. The van der Waals surface area contributed by atoms with Crippen molar-refractivity contribution in [1.82, 2.24) is 0 Å². The molecule has 1 unspecified atom stereocenters. The standard InChI is InChI=1S/C14H10Cl2F3N/c15-9-3-1-2-7(14(9)19)4-13(20)8-5-12(18)10(16)6-11(8)17/h1-3,5-6,13H,4,20H2. The van der Waals surface area contributed by atoms with Gasteiger partial charge in [0.2, 0.25) is 0 Å². The second-order valence-electron chi connectivity index (χ2n) is 4.31. The van der Waals surface area contributed by atoms with E-state index in [1.54, 1.807) is 6.07 Å². The third-order valence-corrected chi connectivity index (χ3v) is 3.49. The van der Waals surface area contributed by atoms with Gasteiger partial charge in [-0.25, -0.2) is 13.2 Å². The van der Waals surface area contributed by atoms with Gasteiger partial charge < -0.3 is 5.73 Å². The Hall–Kier alpha value is -1.23. The van der Waals surface area contributed by atoms with E-state index < -0.39 is 23.5 Å². The number of halogens is 5. The van der Waals surface area contributed by atoms with E-state index in [-0.39, 0.29) is 27.6 Å². The first-order valence-electron chi connectivity index (χ1n) is 5.73. The summed E-state index contributed by atoms with van der Waals surface area (Å²) in [7, 11) is 0. The van der Waals surface area contributed by atoms with E-state index in [0.717, 1.165) is 12.1 Å². The van der Waals surface area contributed by atoms with Crippen molar-refractivity contribution >= 4 is 23.2 Å². The van der Waals surface area contributed by atoms with E-state index in [2.05, 4.69) is 0 Å². The van der Waals surface area contributed by atoms with E-state index >= 15 is 0 Å². The molecule has 2 N–H and O–H groups in total. The fraction of sp³-hybridized carbons (Fsp3) is 0.143. The van der Waals surface area contributed by atoms with Gasteiger partial charge in [-0.05, 0) is 30.2 Å². The molecule has 0 heterocycles. The van der Waals surface area contributed by atoms with Crippen molar-refractivity contribution in [2.75, 3.05) is 0 Å². The van der Waals surface area contributed by atoms with Gasteiger partial charge in [-0.1, -0.05) is 35.3 Å². The minimum absolute atomic E-state index is 0.00954. The molecule has 2 rings (SSSR count). The Morgan fingerprint density at radius 1 is 1.00 bits per heavy atom. The van der Waals surface area contributed by atoms with E-state index in [4.69, 9.17) is 28.9 Å². The van der Waals surface area contributed by atoms with Crippen LogP contribution < -0.4 is 5.73 Å². The molecular formula is C14H10Cl2F3N. The lowest BCUT2D eigenvalue weighted by atomic mass is 9.99. The third kappa shape index (κ3) is 3.08. The molecule has 0 aliphatic rings. The maximum Gasteiger partial charge on any atom is 0.145 e. The highest BCUT2D eigenvalue weighted by atomic mass is 35.5. The normalized spacial score (nSPS) is 12.5. The van der Waals surface area contributed by atoms with E-state index in [1.165, 1.54) is 12.1 Å². The molecule has 0 amide bonds. The smallest absolute Gasteiger partial charge is 0.145 e. The van der Waals surface area contributed by atoms with Gasteiger partial charge in [0.05, 0.1) is 10.0 Å². The van der Waals surface area contributed by atoms with Crippen LogP contribution in [0.1, 0.15) is 17.2 Å². The van der Waals surface area contributed by atoms with Gasteiger partial charge >= 0.3 is 0 Å². The molecule has 0 aliphatic carbocycles. The predicted octanol–water partition coefficient (Wildman–Crippen LogP) is 4.65. The van der Waals surface area contributed by atoms with Gasteiger partial charge in [-0.15, -0.1) is 0 Å². The van der Waals surface area contributed by atoms with Crippen molar-refractivity contribution in [2.45, 2.75) is 12.5 Å². The topological polar surface area (TPSA) is 26.0 Å². The second kappa shape index (κ2) is 6.04. The highest BCUT2D eigenvalue weighted by Gasteiger charge is 2.17. The minimum atomic E-state index is -0.908. The number of nitrogens with two attached hydrogens (primary N) is 1. The summed E-state index contributed by atoms with van der Waals surface area (Å²) in [4.78, 5) is 0. The molecule has 0 spiro atoms. The SMILES string of the molecule is NC(Cc1cccc(Cl)c1F)c1cc(F)c(Cl)cc1F. The lowest BCUT2D eigenvalue weighted by molar-refractivity contribution is 0.551. The zero-order valence-corrected chi connectivity index (χ0v) is 11.7. The monoisotopic (exact) mass is 319 g/mol. The largest absolute Gasteiger partial charge is 0.324 e. The van der Waals surface area contributed by atoms with Gasteiger partial charge in [0, 0.05) is 11.6 Å². The molecule has 0 aliphatic heterocycles. The molecule has 20 heavy (non-hydrogen) atoms. The molecule has 2 aromatic carbocycles. The lowest BCUT2D eigenvalue weighted by Gasteiger charge is -2.14. The molecular weight excluding hydrogens is 310 g/mol. The summed E-state index contributed by atoms with van der Waals surface area (Å²) in [5.74, 6) is -2.11. The molecule has 0 saturated carbocycles. The summed E-state index contributed by atoms with van der Waals surface area (Å²) in [5, 5.41) is -0.371. The van der Waals surface area contributed by atoms with E-state index in [0.29, 0.717) is 0 Å². The highest BCUT2D eigenvalue weighted by molar-refractivity contribution is 6.31. The van der Waals surface area contributed by atoms with Crippen molar-refractivity contribution in [2.24, 2.45) is 5.73 Å². The molecule has 106 valence electrons. The summed E-state index contributed by atoms with van der Waals surface area (Å²) in [6.07, 6.45) is -0.00954. The summed E-state index contributed by atoms with van der Waals surface area (Å²) < 4.78 is 40.8. The lowest BCUT2D eigenvalue weighted by Crippen LogP contribution is -2.16. The third-order valence-electron chi connectivity index (χ3n) is 2.91. The number of benzene rings is 2. The number of hydrogen-bond donors (Lipinski definition) is 1. The Balaban J connectivity index is 2.31. The molecule has 0 bridgehead atoms. The Morgan fingerprint density at radius 2 is 1.70 bits per heavy atom. The Bertz CT molecular complexity index is 647. The van der Waals surface area contributed by atoms with Crippen molar-refractivity contribution in [3.8, 4) is 0 Å². The van der Waals surface area contributed by atoms with Crippen LogP contribution in [-0.4, -0.2) is 0 Å². The van der Waals surface area contributed by atoms with Crippen molar-refractivity contribution in [1.29, 1.82) is 0 Å². The van der Waals surface area contributed by atoms with Gasteiger partial charge in [-0.2, -0.15) is 0 Å². The van der Waals surface area contributed by atoms with Gasteiger partial charge in [0.25, 0.3) is 0 Å². The number of rotatable bonds is 3. The van der Waals surface area contributed by atoms with E-state index in [9.17, 15) is 13.2 Å². The van der Waals surface area contributed by atoms with Crippen LogP contribution in [-0.2, 0) is 6.42 Å². The Kier molecular flexibility index (Phi) is 4.58. The first-order chi connectivity index (χ1) is 9.40. The molecule has 1 atom stereocenters. The molecule has 0 radical (unpaired) electrons. The van der Waals surface area contributed by atoms with Crippen LogP contribution in [0.2, 0.25) is 10.0 Å². The average molecular weight is 320 g/mol. The van der Waals surface area contributed by atoms with Crippen molar-refractivity contribution in [3.63, 3.8) is 0 Å². The van der Waals surface area contributed by atoms with Gasteiger partial charge in [0.1, 0.15) is 17.5 Å². The van der Waals surface area contributed by atoms with E-state index in [1.807, 2.05) is 0 Å². The van der Waals surface area contributed by atoms with Crippen LogP contribution >= 0.6 is 23.2 Å². The first-order valence-corrected chi connectivity index (χ1v) is 6.48. The molecule has 0 aromatic heterocycles. The summed E-state index contributed by atoms with van der Waals surface area (Å²) in [5.41, 5.74) is 5.98. The van der Waals surface area contributed by atoms with Crippen molar-refractivity contribution in [3.05, 3.63) is 69.0 Å². The summed E-state index contributed by atoms with van der Waals surface area (Å²) >= 11 is 11.1. The van der Waals surface area contributed by atoms with Crippen LogP contribution in [0, 0.1) is 17.5 Å². The number of hydrogen-bond acceptors (Lipinski definition) is 1. The van der Waals surface area contributed by atoms with Crippen LogP contribution in [0.25, 0.3) is 0 Å². The van der Waals surface area contributed by atoms with Crippen LogP contribution in [0.15, 0.2) is 30.3 Å². The highest BCUT2D eigenvalue weighted by Crippen LogP contribution is 2.27.